The molecule has 0 aromatic heterocycles. The first-order valence-corrected chi connectivity index (χ1v) is 7.16. The lowest BCUT2D eigenvalue weighted by molar-refractivity contribution is 0.262. The first-order valence-electron chi connectivity index (χ1n) is 7.16. The van der Waals surface area contributed by atoms with Gasteiger partial charge in [0.25, 0.3) is 0 Å². The summed E-state index contributed by atoms with van der Waals surface area (Å²) in [6, 6.07) is 14.6. The van der Waals surface area contributed by atoms with Crippen molar-refractivity contribution in [3.8, 4) is 5.75 Å². The normalized spacial score (nSPS) is 9.95. The molecule has 2 rings (SSSR count). The number of nitrogens with zero attached hydrogens (tertiary/aromatic N) is 1. The smallest absolute Gasteiger partial charge is 0.323 e. The third kappa shape index (κ3) is 4.41. The molecule has 0 saturated heterocycles. The predicted octanol–water partition coefficient (Wildman–Crippen LogP) is 3.80. The van der Waals surface area contributed by atoms with Gasteiger partial charge in [-0.15, -0.1) is 0 Å². The van der Waals surface area contributed by atoms with Crippen molar-refractivity contribution in [3.05, 3.63) is 48.5 Å². The fourth-order valence-corrected chi connectivity index (χ4v) is 1.94. The van der Waals surface area contributed by atoms with Crippen LogP contribution in [-0.4, -0.2) is 26.7 Å². The standard InChI is InChI=1S/C17H21N3O2/c1-4-22-16-11-7-14(8-12-16)19-17(21)18-13-5-9-15(10-6-13)20(2)3/h5-12H,4H2,1-3H3,(H2,18,19,21). The van der Waals surface area contributed by atoms with E-state index in [0.29, 0.717) is 12.3 Å². The monoisotopic (exact) mass is 299 g/mol. The highest BCUT2D eigenvalue weighted by Gasteiger charge is 2.03. The molecule has 2 aromatic rings. The zero-order valence-corrected chi connectivity index (χ0v) is 13.1. The van der Waals surface area contributed by atoms with Gasteiger partial charge in [-0.05, 0) is 55.5 Å². The van der Waals surface area contributed by atoms with E-state index in [0.717, 1.165) is 17.1 Å². The Hall–Kier alpha value is -2.69. The molecule has 2 N–H and O–H groups in total. The minimum Gasteiger partial charge on any atom is -0.494 e. The third-order valence-corrected chi connectivity index (χ3v) is 3.06. The van der Waals surface area contributed by atoms with Crippen LogP contribution in [0.5, 0.6) is 5.75 Å². The Morgan fingerprint density at radius 2 is 1.45 bits per heavy atom. The van der Waals surface area contributed by atoms with Crippen LogP contribution in [-0.2, 0) is 0 Å². The molecule has 2 aromatic carbocycles. The minimum absolute atomic E-state index is 0.276. The summed E-state index contributed by atoms with van der Waals surface area (Å²) in [4.78, 5) is 14.0. The van der Waals surface area contributed by atoms with Crippen molar-refractivity contribution < 1.29 is 9.53 Å². The van der Waals surface area contributed by atoms with E-state index in [2.05, 4.69) is 10.6 Å². The fourth-order valence-electron chi connectivity index (χ4n) is 1.94. The van der Waals surface area contributed by atoms with Gasteiger partial charge in [-0.1, -0.05) is 0 Å². The first kappa shape index (κ1) is 15.7. The second kappa shape index (κ2) is 7.36. The van der Waals surface area contributed by atoms with Crippen LogP contribution in [0, 0.1) is 0 Å². The summed E-state index contributed by atoms with van der Waals surface area (Å²) in [5.74, 6) is 0.785. The van der Waals surface area contributed by atoms with E-state index in [1.54, 1.807) is 12.1 Å². The van der Waals surface area contributed by atoms with Crippen LogP contribution in [0.4, 0.5) is 21.9 Å². The summed E-state index contributed by atoms with van der Waals surface area (Å²) in [5.41, 5.74) is 2.54. The summed E-state index contributed by atoms with van der Waals surface area (Å²) in [7, 11) is 3.95. The third-order valence-electron chi connectivity index (χ3n) is 3.06. The van der Waals surface area contributed by atoms with Gasteiger partial charge < -0.3 is 20.3 Å². The van der Waals surface area contributed by atoms with E-state index in [1.807, 2.05) is 62.3 Å². The van der Waals surface area contributed by atoms with Gasteiger partial charge in [0, 0.05) is 31.2 Å². The fraction of sp³-hybridized carbons (Fsp3) is 0.235. The maximum Gasteiger partial charge on any atom is 0.323 e. The molecule has 22 heavy (non-hydrogen) atoms. The van der Waals surface area contributed by atoms with E-state index in [4.69, 9.17) is 4.74 Å². The molecule has 0 atom stereocenters. The van der Waals surface area contributed by atoms with Crippen LogP contribution < -0.4 is 20.3 Å². The Labute approximate surface area is 130 Å². The van der Waals surface area contributed by atoms with Crippen molar-refractivity contribution in [2.75, 3.05) is 36.2 Å². The molecule has 5 heteroatoms. The van der Waals surface area contributed by atoms with Crippen molar-refractivity contribution in [2.45, 2.75) is 6.92 Å². The van der Waals surface area contributed by atoms with Crippen molar-refractivity contribution in [1.82, 2.24) is 0 Å². The van der Waals surface area contributed by atoms with Gasteiger partial charge in [-0.3, -0.25) is 0 Å². The quantitative estimate of drug-likeness (QED) is 0.883. The Balaban J connectivity index is 1.91. The number of nitrogens with one attached hydrogen (secondary N) is 2. The molecule has 0 unspecified atom stereocenters. The van der Waals surface area contributed by atoms with Crippen molar-refractivity contribution in [2.24, 2.45) is 0 Å². The zero-order valence-electron chi connectivity index (χ0n) is 13.1. The largest absolute Gasteiger partial charge is 0.494 e. The van der Waals surface area contributed by atoms with Crippen LogP contribution in [0.2, 0.25) is 0 Å². The van der Waals surface area contributed by atoms with Crippen LogP contribution in [0.1, 0.15) is 6.92 Å². The number of urea groups is 1. The molecule has 0 aliphatic heterocycles. The molecule has 0 saturated carbocycles. The number of ether oxygens (including phenoxy) is 1. The predicted molar refractivity (Wildman–Crippen MR) is 91.0 cm³/mol. The average Bonchev–Trinajstić information content (AvgIpc) is 2.50. The van der Waals surface area contributed by atoms with Crippen molar-refractivity contribution >= 4 is 23.1 Å². The van der Waals surface area contributed by atoms with Crippen LogP contribution in [0.15, 0.2) is 48.5 Å². The number of hydrogen-bond donors (Lipinski definition) is 2. The van der Waals surface area contributed by atoms with E-state index in [1.165, 1.54) is 0 Å². The van der Waals surface area contributed by atoms with E-state index in [-0.39, 0.29) is 6.03 Å². The highest BCUT2D eigenvalue weighted by Crippen LogP contribution is 2.17. The lowest BCUT2D eigenvalue weighted by atomic mass is 10.2. The molecular formula is C17H21N3O2. The topological polar surface area (TPSA) is 53.6 Å². The van der Waals surface area contributed by atoms with Gasteiger partial charge in [0.05, 0.1) is 6.61 Å². The molecule has 0 aliphatic carbocycles. The highest BCUT2D eigenvalue weighted by atomic mass is 16.5. The second-order valence-corrected chi connectivity index (χ2v) is 4.98. The van der Waals surface area contributed by atoms with Gasteiger partial charge in [0.2, 0.25) is 0 Å². The molecule has 0 spiro atoms. The molecule has 0 bridgehead atoms. The highest BCUT2D eigenvalue weighted by molar-refractivity contribution is 5.99. The van der Waals surface area contributed by atoms with E-state index < -0.39 is 0 Å². The van der Waals surface area contributed by atoms with Gasteiger partial charge in [0.1, 0.15) is 5.75 Å². The molecule has 0 radical (unpaired) electrons. The van der Waals surface area contributed by atoms with Gasteiger partial charge in [-0.25, -0.2) is 4.79 Å². The Morgan fingerprint density at radius 1 is 0.955 bits per heavy atom. The molecule has 0 aliphatic rings. The van der Waals surface area contributed by atoms with Crippen molar-refractivity contribution in [3.63, 3.8) is 0 Å². The van der Waals surface area contributed by atoms with Crippen LogP contribution in [0.25, 0.3) is 0 Å². The minimum atomic E-state index is -0.276. The van der Waals surface area contributed by atoms with E-state index >= 15 is 0 Å². The van der Waals surface area contributed by atoms with Crippen LogP contribution >= 0.6 is 0 Å². The molecular weight excluding hydrogens is 278 g/mol. The maximum atomic E-state index is 11.9. The lowest BCUT2D eigenvalue weighted by Gasteiger charge is -2.13. The van der Waals surface area contributed by atoms with Crippen LogP contribution in [0.3, 0.4) is 0 Å². The summed E-state index contributed by atoms with van der Waals surface area (Å²) >= 11 is 0. The Bertz CT molecular complexity index is 607. The summed E-state index contributed by atoms with van der Waals surface area (Å²) in [6.45, 7) is 2.55. The Kier molecular flexibility index (Phi) is 5.25. The molecule has 116 valence electrons. The number of carbonyl (C=O) groups is 1. The lowest BCUT2D eigenvalue weighted by Crippen LogP contribution is -2.19. The molecule has 0 fully saturated rings. The van der Waals surface area contributed by atoms with Crippen molar-refractivity contribution in [1.29, 1.82) is 0 Å². The first-order chi connectivity index (χ1) is 10.6. The number of rotatable bonds is 5. The number of anilines is 3. The van der Waals surface area contributed by atoms with Gasteiger partial charge >= 0.3 is 6.03 Å². The molecule has 2 amide bonds. The average molecular weight is 299 g/mol. The van der Waals surface area contributed by atoms with E-state index in [9.17, 15) is 4.79 Å². The number of carbonyl (C=O) groups excluding carboxylic acids is 1. The SMILES string of the molecule is CCOc1ccc(NC(=O)Nc2ccc(N(C)C)cc2)cc1. The molecule has 5 nitrogen and oxygen atoms in total. The summed E-state index contributed by atoms with van der Waals surface area (Å²) in [6.07, 6.45) is 0. The number of amides is 2. The zero-order chi connectivity index (χ0) is 15.9. The summed E-state index contributed by atoms with van der Waals surface area (Å²) < 4.78 is 5.36. The second-order valence-electron chi connectivity index (χ2n) is 4.98. The Morgan fingerprint density at radius 3 is 1.91 bits per heavy atom. The maximum absolute atomic E-state index is 11.9. The summed E-state index contributed by atoms with van der Waals surface area (Å²) in [5, 5.41) is 5.58. The van der Waals surface area contributed by atoms with Gasteiger partial charge in [0.15, 0.2) is 0 Å². The van der Waals surface area contributed by atoms with Gasteiger partial charge in [-0.2, -0.15) is 0 Å². The number of benzene rings is 2. The number of hydrogen-bond acceptors (Lipinski definition) is 3. The molecule has 0 heterocycles.